The molecule has 0 bridgehead atoms. The number of para-hydroxylation sites is 1. The zero-order valence-corrected chi connectivity index (χ0v) is 24.0. The molecule has 9 N–H and O–H groups in total. The van der Waals surface area contributed by atoms with Crippen LogP contribution in [0.25, 0.3) is 10.9 Å². The summed E-state index contributed by atoms with van der Waals surface area (Å²) in [5.74, 6) is -2.98. The summed E-state index contributed by atoms with van der Waals surface area (Å²) in [5, 5.41) is 18.7. The van der Waals surface area contributed by atoms with Crippen molar-refractivity contribution >= 4 is 34.6 Å². The zero-order valence-electron chi connectivity index (χ0n) is 24.0. The van der Waals surface area contributed by atoms with Crippen molar-refractivity contribution in [3.63, 3.8) is 0 Å². The first-order valence-corrected chi connectivity index (χ1v) is 14.1. The first kappa shape index (κ1) is 32.8. The highest BCUT2D eigenvalue weighted by atomic mass is 16.4. The molecule has 5 unspecified atom stereocenters. The number of benzene rings is 1. The maximum atomic E-state index is 13.7. The Bertz CT molecular complexity index is 1130. The van der Waals surface area contributed by atoms with Gasteiger partial charge in [0, 0.05) is 23.5 Å². The number of carbonyl (C=O) groups is 4. The van der Waals surface area contributed by atoms with Crippen molar-refractivity contribution in [3.05, 3.63) is 36.0 Å². The number of hydrogen-bond acceptors (Lipinski definition) is 6. The molecule has 0 radical (unpaired) electrons. The molecule has 0 saturated heterocycles. The van der Waals surface area contributed by atoms with Crippen molar-refractivity contribution in [1.82, 2.24) is 20.9 Å². The zero-order chi connectivity index (χ0) is 29.8. The van der Waals surface area contributed by atoms with Crippen LogP contribution < -0.4 is 27.4 Å². The Morgan fingerprint density at radius 2 is 1.62 bits per heavy atom. The van der Waals surface area contributed by atoms with E-state index in [4.69, 9.17) is 11.5 Å². The highest BCUT2D eigenvalue weighted by Gasteiger charge is 2.33. The number of aliphatic carboxylic acids is 1. The van der Waals surface area contributed by atoms with Crippen LogP contribution in [0.5, 0.6) is 0 Å². The van der Waals surface area contributed by atoms with E-state index in [2.05, 4.69) is 20.9 Å². The van der Waals surface area contributed by atoms with E-state index < -0.39 is 47.9 Å². The third-order valence-corrected chi connectivity index (χ3v) is 7.15. The first-order chi connectivity index (χ1) is 19.0. The normalized spacial score (nSPS) is 15.2. The maximum absolute atomic E-state index is 13.7. The predicted octanol–water partition coefficient (Wildman–Crippen LogP) is 1.80. The minimum atomic E-state index is -1.13. The van der Waals surface area contributed by atoms with Crippen LogP contribution in [-0.2, 0) is 25.6 Å². The molecule has 2 rings (SSSR count). The fraction of sp³-hybridized carbons (Fsp3) is 0.586. The Balaban J connectivity index is 2.29. The Hall–Kier alpha value is -3.44. The van der Waals surface area contributed by atoms with Crippen LogP contribution in [-0.4, -0.2) is 64.5 Å². The molecule has 3 amide bonds. The predicted molar refractivity (Wildman–Crippen MR) is 155 cm³/mol. The second-order valence-corrected chi connectivity index (χ2v) is 10.9. The molecule has 0 saturated carbocycles. The molecule has 222 valence electrons. The molecule has 5 atom stereocenters. The van der Waals surface area contributed by atoms with Gasteiger partial charge in [-0.15, -0.1) is 0 Å². The van der Waals surface area contributed by atoms with E-state index in [-0.39, 0.29) is 24.7 Å². The lowest BCUT2D eigenvalue weighted by atomic mass is 9.96. The summed E-state index contributed by atoms with van der Waals surface area (Å²) in [5.41, 5.74) is 13.4. The fourth-order valence-electron chi connectivity index (χ4n) is 4.56. The second kappa shape index (κ2) is 16.0. The average Bonchev–Trinajstić information content (AvgIpc) is 3.32. The number of unbranched alkanes of at least 4 members (excludes halogenated alkanes) is 1. The van der Waals surface area contributed by atoms with Gasteiger partial charge in [0.1, 0.15) is 18.1 Å². The summed E-state index contributed by atoms with van der Waals surface area (Å²) in [6.45, 7) is 7.93. The van der Waals surface area contributed by atoms with Crippen molar-refractivity contribution in [3.8, 4) is 0 Å². The van der Waals surface area contributed by atoms with Crippen molar-refractivity contribution in [1.29, 1.82) is 0 Å². The van der Waals surface area contributed by atoms with E-state index in [0.29, 0.717) is 25.8 Å². The summed E-state index contributed by atoms with van der Waals surface area (Å²) >= 11 is 0. The van der Waals surface area contributed by atoms with Crippen LogP contribution in [0.1, 0.15) is 65.4 Å². The van der Waals surface area contributed by atoms with E-state index in [0.717, 1.165) is 22.9 Å². The Labute approximate surface area is 236 Å². The second-order valence-electron chi connectivity index (χ2n) is 10.9. The largest absolute Gasteiger partial charge is 0.480 e. The lowest BCUT2D eigenvalue weighted by Crippen LogP contribution is -2.59. The van der Waals surface area contributed by atoms with E-state index in [1.54, 1.807) is 6.20 Å². The molecule has 1 heterocycles. The number of carboxylic acids is 1. The third kappa shape index (κ3) is 9.63. The molecule has 40 heavy (non-hydrogen) atoms. The van der Waals surface area contributed by atoms with Gasteiger partial charge in [-0.3, -0.25) is 14.4 Å². The third-order valence-electron chi connectivity index (χ3n) is 7.15. The summed E-state index contributed by atoms with van der Waals surface area (Å²) in [6.07, 6.45) is 4.61. The quantitative estimate of drug-likeness (QED) is 0.144. The minimum absolute atomic E-state index is 0.0443. The molecule has 0 aliphatic rings. The number of nitrogens with one attached hydrogen (secondary N) is 4. The van der Waals surface area contributed by atoms with Gasteiger partial charge < -0.3 is 37.5 Å². The number of fused-ring (bicyclic) bond motifs is 1. The van der Waals surface area contributed by atoms with Crippen molar-refractivity contribution in [2.24, 2.45) is 23.3 Å². The van der Waals surface area contributed by atoms with Gasteiger partial charge in [0.25, 0.3) is 0 Å². The summed E-state index contributed by atoms with van der Waals surface area (Å²) < 4.78 is 0. The summed E-state index contributed by atoms with van der Waals surface area (Å²) in [4.78, 5) is 54.8. The number of nitrogens with two attached hydrogens (primary N) is 2. The van der Waals surface area contributed by atoms with Gasteiger partial charge in [-0.2, -0.15) is 0 Å². The minimum Gasteiger partial charge on any atom is -0.480 e. The Morgan fingerprint density at radius 1 is 0.950 bits per heavy atom. The summed E-state index contributed by atoms with van der Waals surface area (Å²) in [6, 6.07) is 3.72. The molecule has 1 aromatic carbocycles. The molecule has 1 aromatic heterocycles. The maximum Gasteiger partial charge on any atom is 0.326 e. The van der Waals surface area contributed by atoms with E-state index >= 15 is 0 Å². The monoisotopic (exact) mass is 558 g/mol. The highest BCUT2D eigenvalue weighted by Crippen LogP contribution is 2.20. The van der Waals surface area contributed by atoms with Crippen LogP contribution in [0.4, 0.5) is 0 Å². The number of H-pyrrole nitrogens is 1. The lowest BCUT2D eigenvalue weighted by Gasteiger charge is -2.28. The summed E-state index contributed by atoms with van der Waals surface area (Å²) in [7, 11) is 0. The van der Waals surface area contributed by atoms with Crippen molar-refractivity contribution in [2.45, 2.75) is 90.4 Å². The lowest BCUT2D eigenvalue weighted by molar-refractivity contribution is -0.143. The molecule has 0 spiro atoms. The van der Waals surface area contributed by atoms with Gasteiger partial charge in [0.05, 0.1) is 6.04 Å². The molecular formula is C29H46N6O5. The molecule has 0 fully saturated rings. The van der Waals surface area contributed by atoms with Gasteiger partial charge >= 0.3 is 5.97 Å². The van der Waals surface area contributed by atoms with Crippen LogP contribution in [0, 0.1) is 11.8 Å². The van der Waals surface area contributed by atoms with Gasteiger partial charge in [-0.1, -0.05) is 58.7 Å². The molecule has 2 aromatic rings. The van der Waals surface area contributed by atoms with E-state index in [1.165, 1.54) is 0 Å². The molecule has 0 aliphatic carbocycles. The number of carbonyl (C=O) groups excluding carboxylic acids is 3. The average molecular weight is 559 g/mol. The highest BCUT2D eigenvalue weighted by molar-refractivity contribution is 5.95. The van der Waals surface area contributed by atoms with Crippen LogP contribution in [0.3, 0.4) is 0 Å². The number of aromatic amines is 1. The number of aromatic nitrogens is 1. The van der Waals surface area contributed by atoms with Crippen LogP contribution >= 0.6 is 0 Å². The number of rotatable bonds is 17. The van der Waals surface area contributed by atoms with E-state index in [9.17, 15) is 24.3 Å². The number of carboxylic acid groups (broad SMARTS) is 1. The Kier molecular flexibility index (Phi) is 13.1. The van der Waals surface area contributed by atoms with Gasteiger partial charge in [0.15, 0.2) is 0 Å². The molecular weight excluding hydrogens is 512 g/mol. The van der Waals surface area contributed by atoms with Gasteiger partial charge in [0.2, 0.25) is 17.7 Å². The van der Waals surface area contributed by atoms with Crippen LogP contribution in [0.15, 0.2) is 30.5 Å². The van der Waals surface area contributed by atoms with Gasteiger partial charge in [-0.05, 0) is 49.3 Å². The van der Waals surface area contributed by atoms with Crippen molar-refractivity contribution < 1.29 is 24.3 Å². The fourth-order valence-corrected chi connectivity index (χ4v) is 4.56. The molecule has 11 heteroatoms. The smallest absolute Gasteiger partial charge is 0.326 e. The van der Waals surface area contributed by atoms with Crippen LogP contribution in [0.2, 0.25) is 0 Å². The van der Waals surface area contributed by atoms with Gasteiger partial charge in [-0.25, -0.2) is 4.79 Å². The first-order valence-electron chi connectivity index (χ1n) is 14.1. The van der Waals surface area contributed by atoms with E-state index in [1.807, 2.05) is 52.0 Å². The molecule has 11 nitrogen and oxygen atoms in total. The number of hydrogen-bond donors (Lipinski definition) is 7. The SMILES string of the molecule is CCC(C)C(NC(=O)C(Cc1c[nH]c2ccccc12)NC(=O)C(N)CCCCN)C(=O)NC(CC(C)C)C(=O)O. The number of amides is 3. The Morgan fingerprint density at radius 3 is 2.25 bits per heavy atom. The van der Waals surface area contributed by atoms with Crippen molar-refractivity contribution in [2.75, 3.05) is 6.54 Å². The topological polar surface area (TPSA) is 192 Å². The molecule has 0 aliphatic heterocycles. The standard InChI is InChI=1S/C29H46N6O5/c1-5-18(4)25(28(38)34-24(29(39)40)14-17(2)3)35-27(37)23(33-26(36)21(31)11-8-9-13-30)15-19-16-32-22-12-7-6-10-20(19)22/h6-7,10,12,16-18,21,23-25,32H,5,8-9,11,13-15,30-31H2,1-4H3,(H,33,36)(H,34,38)(H,35,37)(H,39,40).